The fraction of sp³-hybridized carbons (Fsp3) is 0.214. The third kappa shape index (κ3) is 8.04. The van der Waals surface area contributed by atoms with Gasteiger partial charge in [0.05, 0.1) is 17.7 Å². The molecule has 214 valence electrons. The van der Waals surface area contributed by atoms with Crippen molar-refractivity contribution >= 4 is 29.0 Å². The topological polar surface area (TPSA) is 95.3 Å². The predicted molar refractivity (Wildman–Crippen MR) is 142 cm³/mol. The van der Waals surface area contributed by atoms with Gasteiger partial charge in [-0.05, 0) is 67.1 Å². The number of nitrogens with zero attached hydrogens (tertiary/aromatic N) is 3. The number of ether oxygens (including phenoxy) is 2. The summed E-state index contributed by atoms with van der Waals surface area (Å²) < 4.78 is 66.2. The molecule has 4 aromatic rings. The smallest absolute Gasteiger partial charge is 0.416 e. The summed E-state index contributed by atoms with van der Waals surface area (Å²) in [6.45, 7) is 2.36. The van der Waals surface area contributed by atoms with Gasteiger partial charge in [-0.1, -0.05) is 11.6 Å². The Morgan fingerprint density at radius 3 is 2.56 bits per heavy atom. The summed E-state index contributed by atoms with van der Waals surface area (Å²) in [5, 5.41) is 6.80. The van der Waals surface area contributed by atoms with Gasteiger partial charge in [-0.3, -0.25) is 14.3 Å². The lowest BCUT2D eigenvalue weighted by molar-refractivity contribution is -0.137. The first kappa shape index (κ1) is 29.5. The molecule has 8 nitrogen and oxygen atoms in total. The number of carbonyl (C=O) groups excluding carboxylic acids is 2. The second kappa shape index (κ2) is 12.8. The first-order valence-corrected chi connectivity index (χ1v) is 12.6. The predicted octanol–water partition coefficient (Wildman–Crippen LogP) is 6.12. The molecule has 0 aliphatic heterocycles. The average Bonchev–Trinajstić information content (AvgIpc) is 3.44. The molecule has 0 aliphatic rings. The third-order valence-electron chi connectivity index (χ3n) is 5.77. The lowest BCUT2D eigenvalue weighted by Crippen LogP contribution is -2.21. The number of hydrogen-bond acceptors (Lipinski definition) is 6. The number of nitrogens with one attached hydrogen (secondary N) is 1. The van der Waals surface area contributed by atoms with Crippen LogP contribution >= 0.6 is 11.6 Å². The van der Waals surface area contributed by atoms with Crippen molar-refractivity contribution in [3.8, 4) is 11.5 Å². The molecular formula is C28H23ClF4N4O4. The van der Waals surface area contributed by atoms with Crippen molar-refractivity contribution < 1.29 is 36.6 Å². The summed E-state index contributed by atoms with van der Waals surface area (Å²) in [7, 11) is 0. The zero-order valence-corrected chi connectivity index (χ0v) is 22.3. The van der Waals surface area contributed by atoms with E-state index in [4.69, 9.17) is 21.1 Å². The molecule has 0 radical (unpaired) electrons. The standard InChI is InChI=1S/C28H23ClF4N4O4/c1-17-9-22(40-8-2-7-37-16-34-15-35-37)4-5-24(17)36-26(38)14-41-25-6-3-20(29)13-23(25)27(39)18-10-19(28(31,32)33)12-21(30)11-18/h3-6,9-13,15-16H,2,7-8,14H2,1H3,(H,36,38). The Hall–Kier alpha value is -4.45. The van der Waals surface area contributed by atoms with Crippen molar-refractivity contribution in [2.24, 2.45) is 0 Å². The number of ketones is 1. The molecule has 1 N–H and O–H groups in total. The highest BCUT2D eigenvalue weighted by atomic mass is 35.5. The normalized spacial score (nSPS) is 11.3. The molecule has 0 bridgehead atoms. The van der Waals surface area contributed by atoms with E-state index in [0.29, 0.717) is 36.7 Å². The summed E-state index contributed by atoms with van der Waals surface area (Å²) in [4.78, 5) is 29.5. The molecule has 0 unspecified atom stereocenters. The first-order valence-electron chi connectivity index (χ1n) is 12.2. The van der Waals surface area contributed by atoms with Crippen molar-refractivity contribution in [2.75, 3.05) is 18.5 Å². The number of carbonyl (C=O) groups is 2. The molecule has 13 heteroatoms. The van der Waals surface area contributed by atoms with Gasteiger partial charge in [-0.2, -0.15) is 18.3 Å². The zero-order valence-electron chi connectivity index (χ0n) is 21.5. The fourth-order valence-corrected chi connectivity index (χ4v) is 3.98. The summed E-state index contributed by atoms with van der Waals surface area (Å²) in [5.41, 5.74) is -0.875. The van der Waals surface area contributed by atoms with Crippen LogP contribution in [-0.4, -0.2) is 39.7 Å². The van der Waals surface area contributed by atoms with Crippen LogP contribution in [0.15, 0.2) is 67.3 Å². The van der Waals surface area contributed by atoms with E-state index in [9.17, 15) is 27.2 Å². The number of aromatic nitrogens is 3. The van der Waals surface area contributed by atoms with Crippen LogP contribution in [0.25, 0.3) is 0 Å². The van der Waals surface area contributed by atoms with Crippen molar-refractivity contribution in [3.63, 3.8) is 0 Å². The summed E-state index contributed by atoms with van der Waals surface area (Å²) in [6, 6.07) is 10.5. The third-order valence-corrected chi connectivity index (χ3v) is 6.01. The second-order valence-electron chi connectivity index (χ2n) is 8.87. The van der Waals surface area contributed by atoms with E-state index in [1.54, 1.807) is 36.1 Å². The van der Waals surface area contributed by atoms with Gasteiger partial charge in [0, 0.05) is 29.2 Å². The Morgan fingerprint density at radius 1 is 1.05 bits per heavy atom. The number of rotatable bonds is 11. The number of anilines is 1. The quantitative estimate of drug-likeness (QED) is 0.129. The van der Waals surface area contributed by atoms with E-state index in [1.165, 1.54) is 24.5 Å². The van der Waals surface area contributed by atoms with Gasteiger partial charge in [0.2, 0.25) is 0 Å². The molecule has 0 spiro atoms. The maximum Gasteiger partial charge on any atom is 0.416 e. The van der Waals surface area contributed by atoms with Crippen LogP contribution in [0.1, 0.15) is 33.5 Å². The van der Waals surface area contributed by atoms with E-state index in [1.807, 2.05) is 0 Å². The second-order valence-corrected chi connectivity index (χ2v) is 9.31. The summed E-state index contributed by atoms with van der Waals surface area (Å²) in [5.74, 6) is -2.25. The monoisotopic (exact) mass is 590 g/mol. The SMILES string of the molecule is Cc1cc(OCCCn2cncn2)ccc1NC(=O)COc1ccc(Cl)cc1C(=O)c1cc(F)cc(C(F)(F)F)c1. The van der Waals surface area contributed by atoms with Gasteiger partial charge >= 0.3 is 6.18 Å². The van der Waals surface area contributed by atoms with Gasteiger partial charge in [0.15, 0.2) is 12.4 Å². The molecule has 0 aliphatic carbocycles. The van der Waals surface area contributed by atoms with Gasteiger partial charge in [-0.15, -0.1) is 0 Å². The van der Waals surface area contributed by atoms with Crippen molar-refractivity contribution in [2.45, 2.75) is 26.1 Å². The maximum absolute atomic E-state index is 13.9. The summed E-state index contributed by atoms with van der Waals surface area (Å²) >= 11 is 5.99. The van der Waals surface area contributed by atoms with Crippen LogP contribution in [0.2, 0.25) is 5.02 Å². The van der Waals surface area contributed by atoms with Crippen LogP contribution in [0, 0.1) is 12.7 Å². The molecule has 0 fully saturated rings. The number of benzene rings is 3. The van der Waals surface area contributed by atoms with E-state index in [2.05, 4.69) is 15.4 Å². The van der Waals surface area contributed by atoms with E-state index < -0.39 is 41.4 Å². The Balaban J connectivity index is 1.38. The van der Waals surface area contributed by atoms with Crippen LogP contribution in [0.5, 0.6) is 11.5 Å². The van der Waals surface area contributed by atoms with Gasteiger partial charge in [0.1, 0.15) is 30.0 Å². The highest BCUT2D eigenvalue weighted by molar-refractivity contribution is 6.31. The molecule has 0 saturated heterocycles. The Labute approximate surface area is 236 Å². The first-order chi connectivity index (χ1) is 19.5. The zero-order chi connectivity index (χ0) is 29.6. The molecule has 1 heterocycles. The van der Waals surface area contributed by atoms with Crippen molar-refractivity contribution in [3.05, 3.63) is 100 Å². The lowest BCUT2D eigenvalue weighted by atomic mass is 10.00. The molecule has 0 saturated carbocycles. The van der Waals surface area contributed by atoms with Crippen LogP contribution < -0.4 is 14.8 Å². The van der Waals surface area contributed by atoms with E-state index in [0.717, 1.165) is 12.0 Å². The molecular weight excluding hydrogens is 568 g/mol. The van der Waals surface area contributed by atoms with Gasteiger partial charge in [0.25, 0.3) is 5.91 Å². The number of hydrogen-bond donors (Lipinski definition) is 1. The highest BCUT2D eigenvalue weighted by Crippen LogP contribution is 2.32. The maximum atomic E-state index is 13.9. The molecule has 41 heavy (non-hydrogen) atoms. The van der Waals surface area contributed by atoms with Crippen LogP contribution in [0.4, 0.5) is 23.2 Å². The van der Waals surface area contributed by atoms with Crippen molar-refractivity contribution in [1.29, 1.82) is 0 Å². The van der Waals surface area contributed by atoms with Crippen LogP contribution in [0.3, 0.4) is 0 Å². The Kier molecular flexibility index (Phi) is 9.23. The van der Waals surface area contributed by atoms with Crippen LogP contribution in [-0.2, 0) is 17.5 Å². The lowest BCUT2D eigenvalue weighted by Gasteiger charge is -2.14. The fourth-order valence-electron chi connectivity index (χ4n) is 3.81. The molecule has 4 rings (SSSR count). The minimum absolute atomic E-state index is 0.0916. The highest BCUT2D eigenvalue weighted by Gasteiger charge is 2.32. The van der Waals surface area contributed by atoms with Crippen molar-refractivity contribution in [1.82, 2.24) is 14.8 Å². The Morgan fingerprint density at radius 2 is 1.85 bits per heavy atom. The summed E-state index contributed by atoms with van der Waals surface area (Å²) in [6.07, 6.45) is -1.06. The number of halogens is 5. The van der Waals surface area contributed by atoms with Gasteiger partial charge in [-0.25, -0.2) is 9.37 Å². The Bertz CT molecular complexity index is 1540. The number of aryl methyl sites for hydroxylation is 2. The number of alkyl halides is 3. The molecule has 1 aromatic heterocycles. The van der Waals surface area contributed by atoms with E-state index in [-0.39, 0.29) is 22.4 Å². The van der Waals surface area contributed by atoms with E-state index >= 15 is 0 Å². The average molecular weight is 591 g/mol. The minimum atomic E-state index is -4.86. The largest absolute Gasteiger partial charge is 0.494 e. The molecule has 3 aromatic carbocycles. The minimum Gasteiger partial charge on any atom is -0.494 e. The van der Waals surface area contributed by atoms with Gasteiger partial charge < -0.3 is 14.8 Å². The number of amides is 1. The molecule has 1 amide bonds. The molecule has 0 atom stereocenters.